The molecule has 0 bridgehead atoms. The number of ether oxygens (including phenoxy) is 1. The van der Waals surface area contributed by atoms with E-state index < -0.39 is 24.0 Å². The Labute approximate surface area is 165 Å². The number of benzene rings is 1. The molecule has 0 radical (unpaired) electrons. The van der Waals surface area contributed by atoms with Crippen LogP contribution in [0.15, 0.2) is 30.3 Å². The van der Waals surface area contributed by atoms with E-state index in [1.807, 2.05) is 58.0 Å². The number of nitriles is 1. The van der Waals surface area contributed by atoms with Gasteiger partial charge in [-0.15, -0.1) is 0 Å². The number of esters is 1. The van der Waals surface area contributed by atoms with Gasteiger partial charge in [0.25, 0.3) is 5.91 Å². The molecule has 2 rings (SSSR count). The lowest BCUT2D eigenvalue weighted by Crippen LogP contribution is -2.50. The van der Waals surface area contributed by atoms with E-state index in [0.29, 0.717) is 0 Å². The highest BCUT2D eigenvalue weighted by Crippen LogP contribution is 2.19. The topological polar surface area (TPSA) is 97.0 Å². The molecule has 1 aromatic heterocycles. The third-order valence-corrected chi connectivity index (χ3v) is 4.91. The molecule has 1 N–H and O–H groups in total. The van der Waals surface area contributed by atoms with Crippen LogP contribution in [-0.4, -0.2) is 33.8 Å². The third-order valence-electron chi connectivity index (χ3n) is 4.91. The molecule has 1 atom stereocenters. The molecule has 0 aliphatic rings. The fraction of sp³-hybridized carbons (Fsp3) is 0.429. The Bertz CT molecular complexity index is 896. The molecule has 1 aromatic carbocycles. The maximum absolute atomic E-state index is 12.2. The van der Waals surface area contributed by atoms with Crippen molar-refractivity contribution in [1.29, 1.82) is 5.26 Å². The Kier molecular flexibility index (Phi) is 6.57. The number of nitrogens with zero attached hydrogens (tertiary/aromatic N) is 3. The quantitative estimate of drug-likeness (QED) is 0.743. The summed E-state index contributed by atoms with van der Waals surface area (Å²) in [6, 6.07) is 11.7. The minimum absolute atomic E-state index is 0.0253. The summed E-state index contributed by atoms with van der Waals surface area (Å²) in [5.41, 5.74) is 2.26. The number of carbonyl (C=O) groups excluding carboxylic acids is 2. The minimum Gasteiger partial charge on any atom is -0.455 e. The maximum atomic E-state index is 12.2. The molecule has 0 aliphatic heterocycles. The zero-order valence-electron chi connectivity index (χ0n) is 16.9. The van der Waals surface area contributed by atoms with Crippen molar-refractivity contribution in [2.45, 2.75) is 46.6 Å². The number of hydrogen-bond acceptors (Lipinski definition) is 5. The van der Waals surface area contributed by atoms with Crippen LogP contribution in [0.4, 0.5) is 0 Å². The molecule has 7 nitrogen and oxygen atoms in total. The van der Waals surface area contributed by atoms with Gasteiger partial charge in [-0.2, -0.15) is 10.4 Å². The van der Waals surface area contributed by atoms with Crippen molar-refractivity contribution in [1.82, 2.24) is 15.1 Å². The Hall–Kier alpha value is -3.14. The van der Waals surface area contributed by atoms with Gasteiger partial charge < -0.3 is 10.1 Å². The van der Waals surface area contributed by atoms with Gasteiger partial charge in [-0.1, -0.05) is 32.0 Å². The Morgan fingerprint density at radius 3 is 2.50 bits per heavy atom. The van der Waals surface area contributed by atoms with E-state index in [0.717, 1.165) is 22.6 Å². The average molecular weight is 382 g/mol. The van der Waals surface area contributed by atoms with Crippen molar-refractivity contribution in [3.05, 3.63) is 47.3 Å². The fourth-order valence-corrected chi connectivity index (χ4v) is 2.72. The Balaban J connectivity index is 2.00. The monoisotopic (exact) mass is 382 g/mol. The molecule has 148 valence electrons. The summed E-state index contributed by atoms with van der Waals surface area (Å²) in [5, 5.41) is 16.4. The fourth-order valence-electron chi connectivity index (χ4n) is 2.72. The standard InChI is InChI=1S/C21H26N4O3/c1-14(2)21(5,13-22)23-19(26)12-28-20(27)11-18-15(3)24-25(16(18)4)17-9-7-6-8-10-17/h6-10,14H,11-12H2,1-5H3,(H,23,26)/t21-/m0/s1. The lowest BCUT2D eigenvalue weighted by molar-refractivity contribution is -0.148. The molecule has 2 aromatic rings. The van der Waals surface area contributed by atoms with Gasteiger partial charge in [0, 0.05) is 11.3 Å². The average Bonchev–Trinajstić information content (AvgIpc) is 2.95. The van der Waals surface area contributed by atoms with Gasteiger partial charge in [-0.25, -0.2) is 4.68 Å². The largest absolute Gasteiger partial charge is 0.455 e. The number of hydrogen-bond donors (Lipinski definition) is 1. The predicted octanol–water partition coefficient (Wildman–Crippen LogP) is 2.63. The van der Waals surface area contributed by atoms with E-state index in [2.05, 4.69) is 16.5 Å². The molecule has 0 saturated heterocycles. The third kappa shape index (κ3) is 4.77. The second-order valence-corrected chi connectivity index (χ2v) is 7.25. The normalized spacial score (nSPS) is 12.9. The number of aryl methyl sites for hydroxylation is 1. The SMILES string of the molecule is Cc1nn(-c2ccccc2)c(C)c1CC(=O)OCC(=O)N[C@@](C)(C#N)C(C)C. The first-order chi connectivity index (χ1) is 13.2. The number of amides is 1. The second kappa shape index (κ2) is 8.70. The molecule has 1 heterocycles. The zero-order valence-corrected chi connectivity index (χ0v) is 16.9. The van der Waals surface area contributed by atoms with Gasteiger partial charge in [-0.3, -0.25) is 9.59 Å². The number of nitrogens with one attached hydrogen (secondary N) is 1. The highest BCUT2D eigenvalue weighted by atomic mass is 16.5. The zero-order chi connectivity index (χ0) is 20.9. The molecule has 0 saturated carbocycles. The van der Waals surface area contributed by atoms with E-state index >= 15 is 0 Å². The maximum Gasteiger partial charge on any atom is 0.310 e. The van der Waals surface area contributed by atoms with Crippen LogP contribution in [0.1, 0.15) is 37.7 Å². The van der Waals surface area contributed by atoms with Crippen LogP contribution in [-0.2, 0) is 20.7 Å². The first-order valence-electron chi connectivity index (χ1n) is 9.16. The highest BCUT2D eigenvalue weighted by Gasteiger charge is 2.30. The molecule has 28 heavy (non-hydrogen) atoms. The smallest absolute Gasteiger partial charge is 0.310 e. The first-order valence-corrected chi connectivity index (χ1v) is 9.16. The van der Waals surface area contributed by atoms with Crippen LogP contribution in [0, 0.1) is 31.1 Å². The van der Waals surface area contributed by atoms with Crippen LogP contribution in [0.2, 0.25) is 0 Å². The Morgan fingerprint density at radius 2 is 1.93 bits per heavy atom. The predicted molar refractivity (Wildman–Crippen MR) is 105 cm³/mol. The number of aromatic nitrogens is 2. The first kappa shape index (κ1) is 21.2. The molecule has 7 heteroatoms. The molecule has 0 aliphatic carbocycles. The molecular formula is C21H26N4O3. The summed E-state index contributed by atoms with van der Waals surface area (Å²) in [4.78, 5) is 24.3. The van der Waals surface area contributed by atoms with Gasteiger partial charge in [0.05, 0.1) is 23.9 Å². The van der Waals surface area contributed by atoms with Gasteiger partial charge in [0.15, 0.2) is 6.61 Å². The van der Waals surface area contributed by atoms with E-state index in [-0.39, 0.29) is 12.3 Å². The van der Waals surface area contributed by atoms with Crippen molar-refractivity contribution < 1.29 is 14.3 Å². The van der Waals surface area contributed by atoms with Crippen LogP contribution < -0.4 is 5.32 Å². The van der Waals surface area contributed by atoms with Crippen LogP contribution in [0.25, 0.3) is 5.69 Å². The summed E-state index contributed by atoms with van der Waals surface area (Å²) in [5.74, 6) is -1.09. The van der Waals surface area contributed by atoms with Gasteiger partial charge in [-0.05, 0) is 38.8 Å². The number of carbonyl (C=O) groups is 2. The summed E-state index contributed by atoms with van der Waals surface area (Å²) < 4.78 is 6.89. The van der Waals surface area contributed by atoms with E-state index in [9.17, 15) is 14.9 Å². The van der Waals surface area contributed by atoms with Crippen molar-refractivity contribution >= 4 is 11.9 Å². The Morgan fingerprint density at radius 1 is 1.29 bits per heavy atom. The minimum atomic E-state index is -1.01. The molecule has 0 unspecified atom stereocenters. The molecule has 1 amide bonds. The van der Waals surface area contributed by atoms with Crippen LogP contribution >= 0.6 is 0 Å². The van der Waals surface area contributed by atoms with Crippen LogP contribution in [0.3, 0.4) is 0 Å². The lowest BCUT2D eigenvalue weighted by Gasteiger charge is -2.27. The van der Waals surface area contributed by atoms with Crippen molar-refractivity contribution in [3.8, 4) is 11.8 Å². The van der Waals surface area contributed by atoms with Gasteiger partial charge in [0.1, 0.15) is 5.54 Å². The molecule has 0 spiro atoms. The number of rotatable bonds is 7. The van der Waals surface area contributed by atoms with Gasteiger partial charge >= 0.3 is 5.97 Å². The summed E-state index contributed by atoms with van der Waals surface area (Å²) >= 11 is 0. The lowest BCUT2D eigenvalue weighted by atomic mass is 9.90. The summed E-state index contributed by atoms with van der Waals surface area (Å²) in [6.45, 7) is 8.62. The summed E-state index contributed by atoms with van der Waals surface area (Å²) in [7, 11) is 0. The second-order valence-electron chi connectivity index (χ2n) is 7.25. The van der Waals surface area contributed by atoms with E-state index in [1.165, 1.54) is 0 Å². The number of para-hydroxylation sites is 1. The molecular weight excluding hydrogens is 356 g/mol. The molecule has 0 fully saturated rings. The highest BCUT2D eigenvalue weighted by molar-refractivity contribution is 5.82. The van der Waals surface area contributed by atoms with Crippen LogP contribution in [0.5, 0.6) is 0 Å². The van der Waals surface area contributed by atoms with Crippen molar-refractivity contribution in [2.24, 2.45) is 5.92 Å². The van der Waals surface area contributed by atoms with E-state index in [1.54, 1.807) is 11.6 Å². The van der Waals surface area contributed by atoms with E-state index in [4.69, 9.17) is 4.74 Å². The van der Waals surface area contributed by atoms with Crippen molar-refractivity contribution in [2.75, 3.05) is 6.61 Å². The summed E-state index contributed by atoms with van der Waals surface area (Å²) in [6.07, 6.45) is 0.0253. The van der Waals surface area contributed by atoms with Gasteiger partial charge in [0.2, 0.25) is 0 Å². The van der Waals surface area contributed by atoms with Crippen molar-refractivity contribution in [3.63, 3.8) is 0 Å².